The van der Waals surface area contributed by atoms with Crippen molar-refractivity contribution in [2.24, 2.45) is 11.3 Å². The Bertz CT molecular complexity index is 908. The van der Waals surface area contributed by atoms with Crippen LogP contribution >= 0.6 is 0 Å². The largest absolute Gasteiger partial charge is 0.326 e. The van der Waals surface area contributed by atoms with Crippen LogP contribution in [-0.4, -0.2) is 35.0 Å². The Hall–Kier alpha value is -2.75. The van der Waals surface area contributed by atoms with Crippen molar-refractivity contribution in [3.8, 4) is 0 Å². The highest BCUT2D eigenvalue weighted by Gasteiger charge is 2.41. The molecule has 1 fully saturated rings. The first kappa shape index (κ1) is 25.9. The normalized spacial score (nSPS) is 16.5. The zero-order valence-corrected chi connectivity index (χ0v) is 21.0. The second-order valence-electron chi connectivity index (χ2n) is 10.2. The molecule has 1 heterocycles. The minimum Gasteiger partial charge on any atom is -0.326 e. The van der Waals surface area contributed by atoms with Gasteiger partial charge in [-0.25, -0.2) is 0 Å². The number of carbonyl (C=O) groups is 3. The monoisotopic (exact) mass is 461 g/mol. The Morgan fingerprint density at radius 1 is 0.882 bits per heavy atom. The van der Waals surface area contributed by atoms with Crippen LogP contribution in [0.1, 0.15) is 70.4 Å². The molecular formula is C30H39NO3. The first-order chi connectivity index (χ1) is 16.3. The van der Waals surface area contributed by atoms with Gasteiger partial charge in [0.1, 0.15) is 0 Å². The van der Waals surface area contributed by atoms with E-state index in [1.807, 2.05) is 57.2 Å². The molecule has 182 valence electrons. The zero-order chi connectivity index (χ0) is 24.6. The molecule has 4 nitrogen and oxygen atoms in total. The number of Topliss-reactive ketones (excluding diaryl/α,β-unsaturated/α-hetero) is 2. The fourth-order valence-electron chi connectivity index (χ4n) is 4.72. The molecular weight excluding hydrogens is 422 g/mol. The molecule has 34 heavy (non-hydrogen) atoms. The van der Waals surface area contributed by atoms with Crippen LogP contribution in [-0.2, 0) is 27.2 Å². The lowest BCUT2D eigenvalue weighted by molar-refractivity contribution is -0.154. The Balaban J connectivity index is 1.78. The molecule has 3 rings (SSSR count). The zero-order valence-electron chi connectivity index (χ0n) is 21.0. The summed E-state index contributed by atoms with van der Waals surface area (Å²) in [7, 11) is 0. The average Bonchev–Trinajstić information content (AvgIpc) is 2.88. The van der Waals surface area contributed by atoms with Gasteiger partial charge in [0, 0.05) is 17.9 Å². The van der Waals surface area contributed by atoms with Crippen LogP contribution in [0.5, 0.6) is 0 Å². The van der Waals surface area contributed by atoms with Gasteiger partial charge in [-0.05, 0) is 62.5 Å². The molecule has 2 aromatic carbocycles. The maximum atomic E-state index is 13.9. The summed E-state index contributed by atoms with van der Waals surface area (Å²) < 4.78 is 0. The van der Waals surface area contributed by atoms with Gasteiger partial charge in [-0.3, -0.25) is 14.4 Å². The van der Waals surface area contributed by atoms with Crippen LogP contribution in [0.4, 0.5) is 0 Å². The predicted octanol–water partition coefficient (Wildman–Crippen LogP) is 5.82. The van der Waals surface area contributed by atoms with E-state index >= 15 is 0 Å². The smallest absolute Gasteiger partial charge is 0.291 e. The molecule has 0 aliphatic carbocycles. The van der Waals surface area contributed by atoms with E-state index < -0.39 is 17.4 Å². The molecule has 1 amide bonds. The van der Waals surface area contributed by atoms with Crippen molar-refractivity contribution in [3.63, 3.8) is 0 Å². The van der Waals surface area contributed by atoms with Gasteiger partial charge in [-0.15, -0.1) is 0 Å². The Morgan fingerprint density at radius 3 is 1.91 bits per heavy atom. The number of nitrogens with zero attached hydrogens (tertiary/aromatic N) is 1. The van der Waals surface area contributed by atoms with Crippen molar-refractivity contribution in [3.05, 3.63) is 71.8 Å². The lowest BCUT2D eigenvalue weighted by atomic mass is 9.82. The van der Waals surface area contributed by atoms with Crippen LogP contribution in [0.2, 0.25) is 0 Å². The van der Waals surface area contributed by atoms with Crippen molar-refractivity contribution in [2.75, 3.05) is 6.54 Å². The highest BCUT2D eigenvalue weighted by atomic mass is 16.2. The maximum Gasteiger partial charge on any atom is 0.291 e. The number of likely N-dealkylation sites (tertiary alicyclic amines) is 1. The van der Waals surface area contributed by atoms with E-state index in [1.54, 1.807) is 4.90 Å². The number of aryl methyl sites for hydroxylation is 2. The van der Waals surface area contributed by atoms with Gasteiger partial charge in [0.25, 0.3) is 5.91 Å². The van der Waals surface area contributed by atoms with E-state index in [2.05, 4.69) is 24.3 Å². The van der Waals surface area contributed by atoms with Crippen LogP contribution in [0, 0.1) is 11.3 Å². The van der Waals surface area contributed by atoms with Gasteiger partial charge in [-0.1, -0.05) is 81.4 Å². The second kappa shape index (κ2) is 12.1. The molecule has 1 atom stereocenters. The molecule has 0 radical (unpaired) electrons. The van der Waals surface area contributed by atoms with Crippen molar-refractivity contribution < 1.29 is 14.4 Å². The highest BCUT2D eigenvalue weighted by molar-refractivity contribution is 6.38. The molecule has 0 spiro atoms. The molecule has 1 aliphatic heterocycles. The maximum absolute atomic E-state index is 13.9. The first-order valence-electron chi connectivity index (χ1n) is 12.8. The molecule has 0 N–H and O–H groups in total. The van der Waals surface area contributed by atoms with Crippen molar-refractivity contribution in [1.29, 1.82) is 0 Å². The van der Waals surface area contributed by atoms with Crippen LogP contribution in [0.3, 0.4) is 0 Å². The van der Waals surface area contributed by atoms with Gasteiger partial charge in [0.05, 0.1) is 6.04 Å². The number of benzene rings is 2. The number of ketones is 2. The van der Waals surface area contributed by atoms with Gasteiger partial charge in [0.15, 0.2) is 5.78 Å². The van der Waals surface area contributed by atoms with Gasteiger partial charge < -0.3 is 4.90 Å². The lowest BCUT2D eigenvalue weighted by Crippen LogP contribution is -2.53. The topological polar surface area (TPSA) is 54.5 Å². The van der Waals surface area contributed by atoms with E-state index in [-0.39, 0.29) is 17.5 Å². The van der Waals surface area contributed by atoms with Crippen LogP contribution < -0.4 is 0 Å². The number of piperidine rings is 1. The third-order valence-corrected chi connectivity index (χ3v) is 7.44. The minimum absolute atomic E-state index is 0.127. The molecule has 2 aromatic rings. The summed E-state index contributed by atoms with van der Waals surface area (Å²) in [4.78, 5) is 41.7. The van der Waals surface area contributed by atoms with E-state index in [4.69, 9.17) is 0 Å². The molecule has 4 heteroatoms. The van der Waals surface area contributed by atoms with E-state index in [0.29, 0.717) is 19.4 Å². The molecule has 1 unspecified atom stereocenters. The molecule has 1 aliphatic rings. The fourth-order valence-corrected chi connectivity index (χ4v) is 4.72. The van der Waals surface area contributed by atoms with Gasteiger partial charge in [-0.2, -0.15) is 0 Å². The summed E-state index contributed by atoms with van der Waals surface area (Å²) in [5.41, 5.74) is 1.73. The molecule has 0 aromatic heterocycles. The number of rotatable bonds is 11. The Morgan fingerprint density at radius 2 is 1.41 bits per heavy atom. The average molecular weight is 462 g/mol. The summed E-state index contributed by atoms with van der Waals surface area (Å²) in [5, 5.41) is 0. The second-order valence-corrected chi connectivity index (χ2v) is 10.2. The van der Waals surface area contributed by atoms with E-state index in [9.17, 15) is 14.4 Å². The number of amides is 1. The quantitative estimate of drug-likeness (QED) is 0.396. The summed E-state index contributed by atoms with van der Waals surface area (Å²) in [6.45, 7) is 6.05. The van der Waals surface area contributed by atoms with Crippen LogP contribution in [0.25, 0.3) is 0 Å². The van der Waals surface area contributed by atoms with Crippen LogP contribution in [0.15, 0.2) is 60.7 Å². The van der Waals surface area contributed by atoms with Crippen molar-refractivity contribution in [2.45, 2.75) is 78.2 Å². The summed E-state index contributed by atoms with van der Waals surface area (Å²) in [5.74, 6) is -0.871. The molecule has 0 saturated carbocycles. The first-order valence-corrected chi connectivity index (χ1v) is 12.8. The third-order valence-electron chi connectivity index (χ3n) is 7.44. The standard InChI is InChI=1S/C30H39NO3/c1-4-30(2,3)28(33)29(34)31-22-12-11-17-26(31)27(32)25(20-18-23-13-7-5-8-14-23)21-19-24-15-9-6-10-16-24/h5-10,13-16,25-26H,4,11-12,17-22H2,1-3H3. The fraction of sp³-hybridized carbons (Fsp3) is 0.500. The summed E-state index contributed by atoms with van der Waals surface area (Å²) in [6.07, 6.45) is 6.16. The molecule has 0 bridgehead atoms. The summed E-state index contributed by atoms with van der Waals surface area (Å²) in [6, 6.07) is 20.0. The van der Waals surface area contributed by atoms with E-state index in [1.165, 1.54) is 11.1 Å². The van der Waals surface area contributed by atoms with E-state index in [0.717, 1.165) is 38.5 Å². The number of hydrogen-bond donors (Lipinski definition) is 0. The number of hydrogen-bond acceptors (Lipinski definition) is 3. The predicted molar refractivity (Wildman–Crippen MR) is 136 cm³/mol. The van der Waals surface area contributed by atoms with Gasteiger partial charge >= 0.3 is 0 Å². The third kappa shape index (κ3) is 6.65. The lowest BCUT2D eigenvalue weighted by Gasteiger charge is -2.37. The molecule has 1 saturated heterocycles. The van der Waals surface area contributed by atoms with Crippen molar-refractivity contribution >= 4 is 17.5 Å². The van der Waals surface area contributed by atoms with Gasteiger partial charge in [0.2, 0.25) is 5.78 Å². The SMILES string of the molecule is CCC(C)(C)C(=O)C(=O)N1CCCCC1C(=O)C(CCc1ccccc1)CCc1ccccc1. The Kier molecular flexibility index (Phi) is 9.20. The summed E-state index contributed by atoms with van der Waals surface area (Å²) >= 11 is 0. The number of carbonyl (C=O) groups excluding carboxylic acids is 3. The minimum atomic E-state index is -0.706. The highest BCUT2D eigenvalue weighted by Crippen LogP contribution is 2.28. The van der Waals surface area contributed by atoms with Crippen molar-refractivity contribution in [1.82, 2.24) is 4.90 Å². The Labute approximate surface area is 204 Å².